The average molecular weight is 280 g/mol. The smallest absolute Gasteiger partial charge is 0.291 e. The number of aromatic amines is 1. The normalized spacial score (nSPS) is 17.6. The van der Waals surface area contributed by atoms with E-state index in [9.17, 15) is 4.79 Å². The van der Waals surface area contributed by atoms with Crippen LogP contribution in [0.25, 0.3) is 0 Å². The number of piperazine rings is 1. The van der Waals surface area contributed by atoms with Crippen molar-refractivity contribution in [3.63, 3.8) is 0 Å². The van der Waals surface area contributed by atoms with Gasteiger partial charge in [0, 0.05) is 45.2 Å². The topological polar surface area (TPSA) is 77.2 Å². The predicted molar refractivity (Wildman–Crippen MR) is 76.7 cm³/mol. The molecule has 0 saturated carbocycles. The van der Waals surface area contributed by atoms with Gasteiger partial charge in [-0.2, -0.15) is 0 Å². The minimum atomic E-state index is -0.206. The number of hydrogen-bond acceptors (Lipinski definition) is 5. The Labute approximate surface area is 119 Å². The third-order valence-electron chi connectivity index (χ3n) is 3.56. The first-order valence-electron chi connectivity index (χ1n) is 7.17. The first-order valence-corrected chi connectivity index (χ1v) is 7.17. The molecule has 1 saturated heterocycles. The fraction of sp³-hybridized carbons (Fsp3) is 0.769. The van der Waals surface area contributed by atoms with Crippen LogP contribution in [0.2, 0.25) is 0 Å². The molecule has 7 nitrogen and oxygen atoms in total. The van der Waals surface area contributed by atoms with E-state index in [4.69, 9.17) is 0 Å². The van der Waals surface area contributed by atoms with Crippen LogP contribution in [0.5, 0.6) is 0 Å². The molecule has 2 heterocycles. The number of carbonyl (C=O) groups excluding carboxylic acids is 1. The molecule has 0 unspecified atom stereocenters. The summed E-state index contributed by atoms with van der Waals surface area (Å²) in [5.41, 5.74) is 0. The summed E-state index contributed by atoms with van der Waals surface area (Å²) in [5.74, 6) is 1.01. The summed E-state index contributed by atoms with van der Waals surface area (Å²) >= 11 is 0. The third-order valence-corrected chi connectivity index (χ3v) is 3.56. The van der Waals surface area contributed by atoms with E-state index in [1.807, 2.05) is 13.8 Å². The summed E-state index contributed by atoms with van der Waals surface area (Å²) in [6.07, 6.45) is 0. The molecule has 1 aromatic rings. The number of nitrogens with one attached hydrogen (secondary N) is 2. The van der Waals surface area contributed by atoms with E-state index < -0.39 is 0 Å². The van der Waals surface area contributed by atoms with Gasteiger partial charge in [-0.1, -0.05) is 13.8 Å². The molecule has 0 aliphatic carbocycles. The van der Waals surface area contributed by atoms with Crippen LogP contribution in [0.3, 0.4) is 0 Å². The van der Waals surface area contributed by atoms with Gasteiger partial charge in [-0.15, -0.1) is 5.10 Å². The Hall–Kier alpha value is -1.47. The van der Waals surface area contributed by atoms with Crippen LogP contribution in [0.4, 0.5) is 0 Å². The zero-order valence-corrected chi connectivity index (χ0v) is 12.5. The predicted octanol–water partition coefficient (Wildman–Crippen LogP) is -0.0947. The van der Waals surface area contributed by atoms with Crippen LogP contribution in [0.15, 0.2) is 0 Å². The Kier molecular flexibility index (Phi) is 5.08. The lowest BCUT2D eigenvalue weighted by molar-refractivity contribution is 0.0931. The number of aromatic nitrogens is 3. The Morgan fingerprint density at radius 2 is 2.05 bits per heavy atom. The molecule has 2 N–H and O–H groups in total. The van der Waals surface area contributed by atoms with Crippen LogP contribution in [-0.2, 0) is 0 Å². The van der Waals surface area contributed by atoms with E-state index in [2.05, 4.69) is 37.3 Å². The van der Waals surface area contributed by atoms with Crippen molar-refractivity contribution in [2.45, 2.75) is 19.8 Å². The maximum Gasteiger partial charge on any atom is 0.291 e. The van der Waals surface area contributed by atoms with E-state index in [1.54, 1.807) is 0 Å². The Balaban J connectivity index is 1.72. The summed E-state index contributed by atoms with van der Waals surface area (Å²) in [4.78, 5) is 20.8. The lowest BCUT2D eigenvalue weighted by atomic mass is 10.2. The highest BCUT2D eigenvalue weighted by molar-refractivity contribution is 5.90. The molecule has 1 fully saturated rings. The van der Waals surface area contributed by atoms with E-state index in [1.165, 1.54) is 0 Å². The maximum atomic E-state index is 11.9. The van der Waals surface area contributed by atoms with E-state index >= 15 is 0 Å². The molecule has 0 spiro atoms. The summed E-state index contributed by atoms with van der Waals surface area (Å²) < 4.78 is 0. The van der Waals surface area contributed by atoms with Gasteiger partial charge in [-0.3, -0.25) is 14.8 Å². The van der Waals surface area contributed by atoms with Crippen molar-refractivity contribution in [3.05, 3.63) is 11.6 Å². The number of likely N-dealkylation sites (N-methyl/N-ethyl adjacent to an activating group) is 1. The molecular formula is C13H24N6O. The summed E-state index contributed by atoms with van der Waals surface area (Å²) in [6.45, 7) is 9.83. The molecule has 0 radical (unpaired) electrons. The van der Waals surface area contributed by atoms with Crippen molar-refractivity contribution in [2.75, 3.05) is 46.3 Å². The number of hydrogen-bond donors (Lipinski definition) is 2. The van der Waals surface area contributed by atoms with Gasteiger partial charge in [0.1, 0.15) is 5.82 Å². The van der Waals surface area contributed by atoms with Crippen molar-refractivity contribution in [1.82, 2.24) is 30.3 Å². The standard InChI is InChI=1S/C13H24N6O/c1-10(2)11-15-12(17-16-11)13(20)14-4-5-19-8-6-18(3)7-9-19/h10H,4-9H2,1-3H3,(H,14,20)(H,15,16,17). The molecule has 1 aliphatic heterocycles. The van der Waals surface area contributed by atoms with Crippen LogP contribution in [0.1, 0.15) is 36.2 Å². The molecule has 1 amide bonds. The minimum absolute atomic E-state index is 0.206. The number of H-pyrrole nitrogens is 1. The number of rotatable bonds is 5. The molecular weight excluding hydrogens is 256 g/mol. The Morgan fingerprint density at radius 1 is 1.35 bits per heavy atom. The zero-order chi connectivity index (χ0) is 14.5. The van der Waals surface area contributed by atoms with Crippen molar-refractivity contribution in [3.8, 4) is 0 Å². The molecule has 1 aliphatic rings. The van der Waals surface area contributed by atoms with Gasteiger partial charge in [-0.05, 0) is 7.05 Å². The number of amides is 1. The van der Waals surface area contributed by atoms with Gasteiger partial charge in [-0.25, -0.2) is 4.98 Å². The Bertz CT molecular complexity index is 436. The van der Waals surface area contributed by atoms with Crippen LogP contribution in [0, 0.1) is 0 Å². The summed E-state index contributed by atoms with van der Waals surface area (Å²) in [6, 6.07) is 0. The minimum Gasteiger partial charge on any atom is -0.348 e. The fourth-order valence-corrected chi connectivity index (χ4v) is 2.11. The highest BCUT2D eigenvalue weighted by Crippen LogP contribution is 2.07. The van der Waals surface area contributed by atoms with Crippen molar-refractivity contribution < 1.29 is 4.79 Å². The van der Waals surface area contributed by atoms with Crippen LogP contribution < -0.4 is 5.32 Å². The molecule has 0 atom stereocenters. The molecule has 7 heteroatoms. The zero-order valence-electron chi connectivity index (χ0n) is 12.5. The molecule has 0 bridgehead atoms. The summed E-state index contributed by atoms with van der Waals surface area (Å²) in [7, 11) is 2.13. The highest BCUT2D eigenvalue weighted by atomic mass is 16.2. The SMILES string of the molecule is CC(C)c1nc(C(=O)NCCN2CCN(C)CC2)n[nH]1. The molecule has 1 aromatic heterocycles. The molecule has 112 valence electrons. The Morgan fingerprint density at radius 3 is 2.65 bits per heavy atom. The van der Waals surface area contributed by atoms with Crippen molar-refractivity contribution >= 4 is 5.91 Å². The highest BCUT2D eigenvalue weighted by Gasteiger charge is 2.16. The van der Waals surface area contributed by atoms with Gasteiger partial charge in [0.25, 0.3) is 5.91 Å². The number of nitrogens with zero attached hydrogens (tertiary/aromatic N) is 4. The van der Waals surface area contributed by atoms with Gasteiger partial charge in [0.15, 0.2) is 0 Å². The fourth-order valence-electron chi connectivity index (χ4n) is 2.11. The second kappa shape index (κ2) is 6.81. The van der Waals surface area contributed by atoms with Gasteiger partial charge in [0.2, 0.25) is 5.82 Å². The first kappa shape index (κ1) is 14.9. The van der Waals surface area contributed by atoms with E-state index in [-0.39, 0.29) is 17.6 Å². The maximum absolute atomic E-state index is 11.9. The van der Waals surface area contributed by atoms with E-state index in [0.717, 1.165) is 38.5 Å². The third kappa shape index (κ3) is 4.01. The van der Waals surface area contributed by atoms with Gasteiger partial charge in [0.05, 0.1) is 0 Å². The molecule has 0 aromatic carbocycles. The lowest BCUT2D eigenvalue weighted by Gasteiger charge is -2.32. The van der Waals surface area contributed by atoms with Crippen molar-refractivity contribution in [2.24, 2.45) is 0 Å². The van der Waals surface area contributed by atoms with Crippen molar-refractivity contribution in [1.29, 1.82) is 0 Å². The number of carbonyl (C=O) groups is 1. The van der Waals surface area contributed by atoms with Crippen LogP contribution >= 0.6 is 0 Å². The van der Waals surface area contributed by atoms with Gasteiger partial charge >= 0.3 is 0 Å². The second-order valence-corrected chi connectivity index (χ2v) is 5.60. The monoisotopic (exact) mass is 280 g/mol. The molecule has 20 heavy (non-hydrogen) atoms. The summed E-state index contributed by atoms with van der Waals surface area (Å²) in [5, 5.41) is 9.61. The largest absolute Gasteiger partial charge is 0.348 e. The van der Waals surface area contributed by atoms with E-state index in [0.29, 0.717) is 6.54 Å². The lowest BCUT2D eigenvalue weighted by Crippen LogP contribution is -2.47. The quantitative estimate of drug-likeness (QED) is 0.788. The second-order valence-electron chi connectivity index (χ2n) is 5.60. The van der Waals surface area contributed by atoms with Gasteiger partial charge < -0.3 is 10.2 Å². The van der Waals surface area contributed by atoms with Crippen LogP contribution in [-0.4, -0.2) is 77.2 Å². The average Bonchev–Trinajstić information content (AvgIpc) is 2.91. The first-order chi connectivity index (χ1) is 9.56. The molecule has 2 rings (SSSR count).